The van der Waals surface area contributed by atoms with E-state index >= 15 is 0 Å². The van der Waals surface area contributed by atoms with E-state index in [1.165, 1.54) is 0 Å². The predicted molar refractivity (Wildman–Crippen MR) is 51.9 cm³/mol. The molecule has 0 aliphatic carbocycles. The van der Waals surface area contributed by atoms with Crippen molar-refractivity contribution in [3.8, 4) is 0 Å². The summed E-state index contributed by atoms with van der Waals surface area (Å²) in [5, 5.41) is 0.308. The monoisotopic (exact) mass is 219 g/mol. The number of nitrogens with two attached hydrogens (primary N) is 1. The maximum absolute atomic E-state index is 11.1. The van der Waals surface area contributed by atoms with Crippen LogP contribution in [0.1, 0.15) is 15.9 Å². The molecule has 1 aromatic carbocycles. The first-order valence-electron chi connectivity index (χ1n) is 3.45. The van der Waals surface area contributed by atoms with Crippen molar-refractivity contribution in [1.29, 1.82) is 0 Å². The molecule has 0 spiro atoms. The van der Waals surface area contributed by atoms with Crippen molar-refractivity contribution in [1.82, 2.24) is 0 Å². The Morgan fingerprint density at radius 3 is 2.69 bits per heavy atom. The molecule has 0 aliphatic heterocycles. The molecule has 1 rings (SSSR count). The minimum absolute atomic E-state index is 0.187. The van der Waals surface area contributed by atoms with Gasteiger partial charge in [-0.1, -0.05) is 17.7 Å². The lowest BCUT2D eigenvalue weighted by molar-refractivity contribution is 0.0751. The van der Waals surface area contributed by atoms with Crippen LogP contribution < -0.4 is 5.73 Å². The standard InChI is InChI=1S/C8H7Cl2NO2/c1-4-2-3-5(9)7(11)6(4)8(12)13-10/h2-3H,11H2,1H3. The lowest BCUT2D eigenvalue weighted by Gasteiger charge is -2.06. The highest BCUT2D eigenvalue weighted by Gasteiger charge is 2.16. The maximum atomic E-state index is 11.1. The third-order valence-corrected chi connectivity index (χ3v) is 2.14. The third kappa shape index (κ3) is 1.87. The maximum Gasteiger partial charge on any atom is 0.358 e. The number of benzene rings is 1. The molecule has 5 heteroatoms. The minimum Gasteiger partial charge on any atom is -0.397 e. The highest BCUT2D eigenvalue weighted by molar-refractivity contribution is 6.34. The molecular formula is C8H7Cl2NO2. The quantitative estimate of drug-likeness (QED) is 0.739. The number of rotatable bonds is 1. The van der Waals surface area contributed by atoms with Crippen LogP contribution in [0.25, 0.3) is 0 Å². The highest BCUT2D eigenvalue weighted by atomic mass is 35.5. The molecule has 2 N–H and O–H groups in total. The molecule has 0 aliphatic rings. The van der Waals surface area contributed by atoms with Crippen LogP contribution in [-0.2, 0) is 4.29 Å². The Balaban J connectivity index is 3.33. The number of carbonyl (C=O) groups is 1. The summed E-state index contributed by atoms with van der Waals surface area (Å²) in [7, 11) is 0. The summed E-state index contributed by atoms with van der Waals surface area (Å²) in [4.78, 5) is 11.1. The molecule has 0 unspecified atom stereocenters. The van der Waals surface area contributed by atoms with Gasteiger partial charge in [-0.2, -0.15) is 0 Å². The number of hydrogen-bond acceptors (Lipinski definition) is 3. The number of carbonyl (C=O) groups excluding carboxylic acids is 1. The average molecular weight is 220 g/mol. The van der Waals surface area contributed by atoms with Gasteiger partial charge in [0.25, 0.3) is 0 Å². The zero-order valence-electron chi connectivity index (χ0n) is 6.80. The van der Waals surface area contributed by atoms with E-state index in [2.05, 4.69) is 4.29 Å². The number of anilines is 1. The first-order valence-corrected chi connectivity index (χ1v) is 4.14. The van der Waals surface area contributed by atoms with E-state index in [4.69, 9.17) is 29.2 Å². The van der Waals surface area contributed by atoms with E-state index < -0.39 is 5.97 Å². The van der Waals surface area contributed by atoms with Crippen LogP contribution in [0.5, 0.6) is 0 Å². The summed E-state index contributed by atoms with van der Waals surface area (Å²) < 4.78 is 4.05. The molecule has 0 amide bonds. The van der Waals surface area contributed by atoms with Crippen molar-refractivity contribution >= 4 is 35.1 Å². The Morgan fingerprint density at radius 2 is 2.15 bits per heavy atom. The second-order valence-corrected chi connectivity index (χ2v) is 3.08. The first-order chi connectivity index (χ1) is 6.07. The van der Waals surface area contributed by atoms with Gasteiger partial charge in [-0.25, -0.2) is 4.79 Å². The molecule has 0 atom stereocenters. The molecule has 1 aromatic rings. The number of halogens is 2. The summed E-state index contributed by atoms with van der Waals surface area (Å²) in [6.45, 7) is 1.72. The summed E-state index contributed by atoms with van der Waals surface area (Å²) >= 11 is 10.6. The molecule has 0 saturated heterocycles. The molecule has 0 fully saturated rings. The SMILES string of the molecule is Cc1ccc(Cl)c(N)c1C(=O)OCl. The van der Waals surface area contributed by atoms with Gasteiger partial charge in [0.05, 0.1) is 16.3 Å². The second kappa shape index (κ2) is 3.85. The minimum atomic E-state index is -0.695. The number of nitrogen functional groups attached to an aromatic ring is 1. The van der Waals surface area contributed by atoms with E-state index in [0.717, 1.165) is 0 Å². The van der Waals surface area contributed by atoms with Gasteiger partial charge >= 0.3 is 5.97 Å². The Bertz CT molecular complexity index is 352. The van der Waals surface area contributed by atoms with Crippen LogP contribution in [-0.4, -0.2) is 5.97 Å². The van der Waals surface area contributed by atoms with Gasteiger partial charge in [0.15, 0.2) is 0 Å². The molecule has 3 nitrogen and oxygen atoms in total. The van der Waals surface area contributed by atoms with Gasteiger partial charge in [0, 0.05) is 0 Å². The Kier molecular flexibility index (Phi) is 3.01. The number of aryl methyl sites for hydroxylation is 1. The van der Waals surface area contributed by atoms with Crippen molar-refractivity contribution < 1.29 is 9.08 Å². The van der Waals surface area contributed by atoms with Gasteiger partial charge in [0.1, 0.15) is 11.9 Å². The fourth-order valence-corrected chi connectivity index (χ4v) is 1.25. The Labute approximate surface area is 85.6 Å². The highest BCUT2D eigenvalue weighted by Crippen LogP contribution is 2.26. The van der Waals surface area contributed by atoms with E-state index in [-0.39, 0.29) is 11.3 Å². The molecule has 0 aromatic heterocycles. The van der Waals surface area contributed by atoms with E-state index in [1.807, 2.05) is 0 Å². The van der Waals surface area contributed by atoms with Crippen molar-refractivity contribution in [2.24, 2.45) is 0 Å². The van der Waals surface area contributed by atoms with Gasteiger partial charge < -0.3 is 10.0 Å². The summed E-state index contributed by atoms with van der Waals surface area (Å²) in [5.41, 5.74) is 6.64. The van der Waals surface area contributed by atoms with Crippen LogP contribution in [0, 0.1) is 6.92 Å². The molecular weight excluding hydrogens is 213 g/mol. The van der Waals surface area contributed by atoms with Crippen LogP contribution in [0.4, 0.5) is 5.69 Å². The van der Waals surface area contributed by atoms with E-state index in [1.54, 1.807) is 19.1 Å². The Hall–Kier alpha value is -0.930. The average Bonchev–Trinajstić information content (AvgIpc) is 2.12. The zero-order valence-corrected chi connectivity index (χ0v) is 8.32. The fraction of sp³-hybridized carbons (Fsp3) is 0.125. The smallest absolute Gasteiger partial charge is 0.358 e. The van der Waals surface area contributed by atoms with Crippen molar-refractivity contribution in [3.63, 3.8) is 0 Å². The second-order valence-electron chi connectivity index (χ2n) is 2.52. The van der Waals surface area contributed by atoms with Crippen molar-refractivity contribution in [2.75, 3.05) is 5.73 Å². The van der Waals surface area contributed by atoms with Gasteiger partial charge in [-0.3, -0.25) is 0 Å². The molecule has 0 heterocycles. The van der Waals surface area contributed by atoms with E-state index in [9.17, 15) is 4.79 Å². The summed E-state index contributed by atoms with van der Waals surface area (Å²) in [6, 6.07) is 3.28. The van der Waals surface area contributed by atoms with Crippen LogP contribution in [0.2, 0.25) is 5.02 Å². The normalized spacial score (nSPS) is 9.77. The van der Waals surface area contributed by atoms with Gasteiger partial charge in [0.2, 0.25) is 0 Å². The first kappa shape index (κ1) is 10.2. The molecule has 0 saturated carbocycles. The van der Waals surface area contributed by atoms with Crippen molar-refractivity contribution in [2.45, 2.75) is 6.92 Å². The lowest BCUT2D eigenvalue weighted by atomic mass is 10.1. The lowest BCUT2D eigenvalue weighted by Crippen LogP contribution is -2.06. The van der Waals surface area contributed by atoms with Gasteiger partial charge in [-0.05, 0) is 18.6 Å². The van der Waals surface area contributed by atoms with Gasteiger partial charge in [-0.15, -0.1) is 0 Å². The molecule has 70 valence electrons. The van der Waals surface area contributed by atoms with Crippen LogP contribution >= 0.6 is 23.5 Å². The Morgan fingerprint density at radius 1 is 1.54 bits per heavy atom. The fourth-order valence-electron chi connectivity index (χ4n) is 1.01. The van der Waals surface area contributed by atoms with Crippen LogP contribution in [0.3, 0.4) is 0 Å². The topological polar surface area (TPSA) is 52.3 Å². The third-order valence-electron chi connectivity index (χ3n) is 1.67. The largest absolute Gasteiger partial charge is 0.397 e. The molecule has 0 bridgehead atoms. The summed E-state index contributed by atoms with van der Waals surface area (Å²) in [6.07, 6.45) is 0. The molecule has 0 radical (unpaired) electrons. The predicted octanol–water partition coefficient (Wildman–Crippen LogP) is 2.54. The summed E-state index contributed by atoms with van der Waals surface area (Å²) in [5.74, 6) is -0.695. The van der Waals surface area contributed by atoms with Crippen molar-refractivity contribution in [3.05, 3.63) is 28.3 Å². The molecule has 13 heavy (non-hydrogen) atoms. The zero-order chi connectivity index (χ0) is 10.0. The van der Waals surface area contributed by atoms with E-state index in [0.29, 0.717) is 10.6 Å². The number of hydrogen-bond donors (Lipinski definition) is 1. The van der Waals surface area contributed by atoms with Crippen LogP contribution in [0.15, 0.2) is 12.1 Å².